The van der Waals surface area contributed by atoms with E-state index in [2.05, 4.69) is 5.48 Å². The number of non-ortho nitro benzene ring substituents is 1. The fourth-order valence-corrected chi connectivity index (χ4v) is 3.30. The largest absolute Gasteiger partial charge is 0.428 e. The number of nitrogens with one attached hydrogen (secondary N) is 1. The number of hydroxylamine groups is 1. The van der Waals surface area contributed by atoms with Gasteiger partial charge in [0.1, 0.15) is 0 Å². The van der Waals surface area contributed by atoms with Gasteiger partial charge in [-0.05, 0) is 42.8 Å². The summed E-state index contributed by atoms with van der Waals surface area (Å²) in [5.74, 6) is 0. The molecule has 2 aromatic carbocycles. The highest BCUT2D eigenvalue weighted by Gasteiger charge is 2.59. The molecule has 1 aliphatic rings. The standard InChI is InChI=1S/C17H11Cl2F3N2O3/c1-9-2-10(4-14(3-9)24(25)26)15-8-16(27-23-15,17(20,21)22)11-5-12(18)7-13(19)6-11/h2-8,23H,1H3. The van der Waals surface area contributed by atoms with Crippen molar-refractivity contribution in [2.45, 2.75) is 18.7 Å². The van der Waals surface area contributed by atoms with E-state index < -0.39 is 16.7 Å². The number of hydrogen-bond acceptors (Lipinski definition) is 4. The first-order chi connectivity index (χ1) is 12.5. The molecule has 142 valence electrons. The summed E-state index contributed by atoms with van der Waals surface area (Å²) in [6, 6.07) is 7.47. The molecule has 10 heteroatoms. The zero-order valence-corrected chi connectivity index (χ0v) is 15.1. The van der Waals surface area contributed by atoms with Crippen LogP contribution in [0.25, 0.3) is 5.70 Å². The van der Waals surface area contributed by atoms with Crippen LogP contribution in [-0.4, -0.2) is 11.1 Å². The Morgan fingerprint density at radius 3 is 2.30 bits per heavy atom. The van der Waals surface area contributed by atoms with E-state index in [1.807, 2.05) is 0 Å². The van der Waals surface area contributed by atoms with Gasteiger partial charge in [0.05, 0.1) is 10.6 Å². The van der Waals surface area contributed by atoms with E-state index in [-0.39, 0.29) is 32.6 Å². The van der Waals surface area contributed by atoms with E-state index in [1.165, 1.54) is 18.2 Å². The number of alkyl halides is 3. The lowest BCUT2D eigenvalue weighted by molar-refractivity contribution is -0.384. The monoisotopic (exact) mass is 418 g/mol. The minimum Gasteiger partial charge on any atom is -0.265 e. The van der Waals surface area contributed by atoms with E-state index in [0.717, 1.165) is 24.3 Å². The zero-order chi connectivity index (χ0) is 20.0. The Balaban J connectivity index is 2.17. The molecule has 0 saturated heterocycles. The van der Waals surface area contributed by atoms with Gasteiger partial charge in [0, 0.05) is 33.3 Å². The fraction of sp³-hybridized carbons (Fsp3) is 0.176. The molecule has 2 aromatic rings. The minimum atomic E-state index is -4.86. The number of aryl methyl sites for hydroxylation is 1. The molecule has 0 fully saturated rings. The maximum atomic E-state index is 13.9. The van der Waals surface area contributed by atoms with Crippen molar-refractivity contribution in [2.75, 3.05) is 0 Å². The van der Waals surface area contributed by atoms with Crippen LogP contribution < -0.4 is 5.48 Å². The molecule has 0 amide bonds. The van der Waals surface area contributed by atoms with Crippen LogP contribution in [0.15, 0.2) is 42.5 Å². The Hall–Kier alpha value is -2.29. The van der Waals surface area contributed by atoms with Gasteiger partial charge < -0.3 is 0 Å². The van der Waals surface area contributed by atoms with Gasteiger partial charge in [-0.2, -0.15) is 13.2 Å². The quantitative estimate of drug-likeness (QED) is 0.524. The van der Waals surface area contributed by atoms with Crippen LogP contribution in [0.3, 0.4) is 0 Å². The van der Waals surface area contributed by atoms with Gasteiger partial charge >= 0.3 is 6.18 Å². The highest BCUT2D eigenvalue weighted by atomic mass is 35.5. The van der Waals surface area contributed by atoms with Crippen molar-refractivity contribution < 1.29 is 22.9 Å². The molecule has 1 aliphatic heterocycles. The van der Waals surface area contributed by atoms with Crippen LogP contribution in [-0.2, 0) is 10.4 Å². The van der Waals surface area contributed by atoms with Gasteiger partial charge in [-0.25, -0.2) is 0 Å². The van der Waals surface area contributed by atoms with Crippen molar-refractivity contribution in [3.05, 3.63) is 79.3 Å². The molecule has 0 spiro atoms. The number of rotatable bonds is 3. The van der Waals surface area contributed by atoms with Crippen molar-refractivity contribution in [1.29, 1.82) is 0 Å². The summed E-state index contributed by atoms with van der Waals surface area (Å²) in [4.78, 5) is 15.4. The zero-order valence-electron chi connectivity index (χ0n) is 13.6. The molecule has 3 rings (SSSR count). The predicted molar refractivity (Wildman–Crippen MR) is 94.2 cm³/mol. The van der Waals surface area contributed by atoms with Crippen LogP contribution in [0, 0.1) is 17.0 Å². The first-order valence-corrected chi connectivity index (χ1v) is 8.24. The van der Waals surface area contributed by atoms with Crippen molar-refractivity contribution in [3.8, 4) is 0 Å². The number of nitro benzene ring substituents is 1. The van der Waals surface area contributed by atoms with E-state index in [9.17, 15) is 23.3 Å². The Bertz CT molecular complexity index is 943. The molecule has 0 aliphatic carbocycles. The van der Waals surface area contributed by atoms with Crippen LogP contribution >= 0.6 is 23.2 Å². The Morgan fingerprint density at radius 2 is 1.74 bits per heavy atom. The van der Waals surface area contributed by atoms with Gasteiger partial charge in [0.2, 0.25) is 5.60 Å². The lowest BCUT2D eigenvalue weighted by Crippen LogP contribution is -2.42. The van der Waals surface area contributed by atoms with Crippen LogP contribution in [0.5, 0.6) is 0 Å². The van der Waals surface area contributed by atoms with Crippen LogP contribution in [0.1, 0.15) is 16.7 Å². The van der Waals surface area contributed by atoms with Gasteiger partial charge in [-0.1, -0.05) is 23.2 Å². The van der Waals surface area contributed by atoms with Gasteiger partial charge in [0.25, 0.3) is 5.69 Å². The van der Waals surface area contributed by atoms with Crippen molar-refractivity contribution in [1.82, 2.24) is 5.48 Å². The second-order valence-electron chi connectivity index (χ2n) is 5.97. The fourth-order valence-electron chi connectivity index (χ4n) is 2.78. The first-order valence-electron chi connectivity index (χ1n) is 7.48. The number of nitro groups is 1. The predicted octanol–water partition coefficient (Wildman–Crippen LogP) is 5.54. The summed E-state index contributed by atoms with van der Waals surface area (Å²) >= 11 is 11.7. The summed E-state index contributed by atoms with van der Waals surface area (Å²) < 4.78 is 41.8. The maximum absolute atomic E-state index is 13.9. The third-order valence-corrected chi connectivity index (χ3v) is 4.40. The highest BCUT2D eigenvalue weighted by Crippen LogP contribution is 2.48. The molecule has 0 radical (unpaired) electrons. The van der Waals surface area contributed by atoms with E-state index in [0.29, 0.717) is 5.56 Å². The molecule has 0 bridgehead atoms. The SMILES string of the molecule is Cc1cc(C2=CC(c3cc(Cl)cc(Cl)c3)(C(F)(F)F)ON2)cc([N+](=O)[O-])c1. The Morgan fingerprint density at radius 1 is 1.11 bits per heavy atom. The van der Waals surface area contributed by atoms with Crippen LogP contribution in [0.2, 0.25) is 10.0 Å². The molecule has 1 N–H and O–H groups in total. The molecule has 5 nitrogen and oxygen atoms in total. The number of benzene rings is 2. The molecular weight excluding hydrogens is 408 g/mol. The summed E-state index contributed by atoms with van der Waals surface area (Å²) in [5, 5.41) is 11.1. The summed E-state index contributed by atoms with van der Waals surface area (Å²) in [5.41, 5.74) is -0.555. The topological polar surface area (TPSA) is 64.4 Å². The number of hydrogen-bond donors (Lipinski definition) is 1. The van der Waals surface area contributed by atoms with E-state index in [4.69, 9.17) is 28.0 Å². The normalized spacial score (nSPS) is 19.6. The molecular formula is C17H11Cl2F3N2O3. The average molecular weight is 419 g/mol. The van der Waals surface area contributed by atoms with E-state index in [1.54, 1.807) is 6.92 Å². The number of halogens is 5. The first kappa shape index (κ1) is 19.5. The maximum Gasteiger partial charge on any atom is 0.428 e. The molecule has 27 heavy (non-hydrogen) atoms. The third kappa shape index (κ3) is 3.60. The minimum absolute atomic E-state index is 0.0118. The molecule has 0 saturated carbocycles. The van der Waals surface area contributed by atoms with Crippen molar-refractivity contribution in [2.24, 2.45) is 0 Å². The van der Waals surface area contributed by atoms with Gasteiger partial charge in [-0.15, -0.1) is 0 Å². The summed E-state index contributed by atoms with van der Waals surface area (Å²) in [6.45, 7) is 1.60. The smallest absolute Gasteiger partial charge is 0.265 e. The Kier molecular flexibility index (Phi) is 4.83. The van der Waals surface area contributed by atoms with Crippen LogP contribution in [0.4, 0.5) is 18.9 Å². The molecule has 1 heterocycles. The molecule has 1 atom stereocenters. The summed E-state index contributed by atoms with van der Waals surface area (Å²) in [7, 11) is 0. The molecule has 0 aromatic heterocycles. The van der Waals surface area contributed by atoms with Crippen molar-refractivity contribution in [3.63, 3.8) is 0 Å². The number of nitrogens with zero attached hydrogens (tertiary/aromatic N) is 1. The second kappa shape index (κ2) is 6.70. The summed E-state index contributed by atoms with van der Waals surface area (Å²) in [6.07, 6.45) is -4.04. The highest BCUT2D eigenvalue weighted by molar-refractivity contribution is 6.34. The average Bonchev–Trinajstić information content (AvgIpc) is 3.00. The lowest BCUT2D eigenvalue weighted by Gasteiger charge is -2.28. The second-order valence-corrected chi connectivity index (χ2v) is 6.84. The van der Waals surface area contributed by atoms with E-state index >= 15 is 0 Å². The lowest BCUT2D eigenvalue weighted by atomic mass is 9.91. The van der Waals surface area contributed by atoms with Crippen molar-refractivity contribution >= 4 is 34.6 Å². The third-order valence-electron chi connectivity index (χ3n) is 3.97. The molecule has 1 unspecified atom stereocenters. The van der Waals surface area contributed by atoms with Gasteiger partial charge in [0.15, 0.2) is 0 Å². The Labute approximate surface area is 161 Å². The van der Waals surface area contributed by atoms with Gasteiger partial charge in [-0.3, -0.25) is 20.4 Å².